The first-order valence-electron chi connectivity index (χ1n) is 9.34. The third kappa shape index (κ3) is 6.13. The van der Waals surface area contributed by atoms with Crippen molar-refractivity contribution in [3.05, 3.63) is 70.4 Å². The first kappa shape index (κ1) is 21.0. The van der Waals surface area contributed by atoms with Crippen molar-refractivity contribution in [2.45, 2.75) is 26.3 Å². The fourth-order valence-electron chi connectivity index (χ4n) is 2.86. The molecule has 8 heteroatoms. The van der Waals surface area contributed by atoms with E-state index in [-0.39, 0.29) is 5.97 Å². The molecular weight excluding hydrogens is 404 g/mol. The van der Waals surface area contributed by atoms with Crippen molar-refractivity contribution < 1.29 is 9.53 Å². The van der Waals surface area contributed by atoms with E-state index >= 15 is 0 Å². The molecule has 0 amide bonds. The summed E-state index contributed by atoms with van der Waals surface area (Å²) in [5, 5.41) is 11.8. The molecule has 0 saturated carbocycles. The van der Waals surface area contributed by atoms with Crippen LogP contribution in [0.15, 0.2) is 48.8 Å². The number of aromatic nitrogens is 2. The maximum Gasteiger partial charge on any atom is 0.340 e. The van der Waals surface area contributed by atoms with Crippen molar-refractivity contribution in [2.24, 2.45) is 0 Å². The van der Waals surface area contributed by atoms with Crippen LogP contribution in [0.3, 0.4) is 0 Å². The molecule has 0 radical (unpaired) electrons. The second-order valence-electron chi connectivity index (χ2n) is 6.62. The van der Waals surface area contributed by atoms with Gasteiger partial charge in [0.1, 0.15) is 5.00 Å². The lowest BCUT2D eigenvalue weighted by atomic mass is 10.1. The minimum atomic E-state index is -0.375. The Morgan fingerprint density at radius 3 is 2.79 bits per heavy atom. The minimum absolute atomic E-state index is 0.375. The van der Waals surface area contributed by atoms with E-state index in [4.69, 9.17) is 17.0 Å². The summed E-state index contributed by atoms with van der Waals surface area (Å²) in [5.74, 6) is -0.375. The lowest BCUT2D eigenvalue weighted by molar-refractivity contribution is 0.0602. The zero-order chi connectivity index (χ0) is 20.6. The summed E-state index contributed by atoms with van der Waals surface area (Å²) in [6.45, 7) is 3.55. The number of hydrogen-bond donors (Lipinski definition) is 2. The van der Waals surface area contributed by atoms with Crippen molar-refractivity contribution in [2.75, 3.05) is 19.0 Å². The van der Waals surface area contributed by atoms with Crippen LogP contribution in [-0.2, 0) is 17.7 Å². The van der Waals surface area contributed by atoms with Crippen LogP contribution in [0.4, 0.5) is 5.00 Å². The highest BCUT2D eigenvalue weighted by Gasteiger charge is 2.17. The zero-order valence-corrected chi connectivity index (χ0v) is 18.1. The standard InChI is InChI=1S/C21H24N4O2S2/c1-15-13-23-25(14-15)10-6-9-22-21(28)24-19-18(20(26)27-2)12-17(29-19)11-16-7-4-3-5-8-16/h3-5,7-8,12-14H,6,9-11H2,1-2H3,(H2,22,24,28). The van der Waals surface area contributed by atoms with Crippen LogP contribution < -0.4 is 10.6 Å². The van der Waals surface area contributed by atoms with Gasteiger partial charge in [0.15, 0.2) is 5.11 Å². The largest absolute Gasteiger partial charge is 0.465 e. The molecule has 29 heavy (non-hydrogen) atoms. The van der Waals surface area contributed by atoms with Gasteiger partial charge in [-0.05, 0) is 42.8 Å². The summed E-state index contributed by atoms with van der Waals surface area (Å²) in [5.41, 5.74) is 2.83. The fraction of sp³-hybridized carbons (Fsp3) is 0.286. The van der Waals surface area contributed by atoms with Gasteiger partial charge in [0.2, 0.25) is 0 Å². The minimum Gasteiger partial charge on any atom is -0.465 e. The normalized spacial score (nSPS) is 10.6. The highest BCUT2D eigenvalue weighted by atomic mass is 32.1. The molecule has 152 valence electrons. The van der Waals surface area contributed by atoms with Gasteiger partial charge in [-0.1, -0.05) is 30.3 Å². The lowest BCUT2D eigenvalue weighted by Crippen LogP contribution is -2.30. The lowest BCUT2D eigenvalue weighted by Gasteiger charge is -2.10. The van der Waals surface area contributed by atoms with E-state index in [0.717, 1.165) is 29.8 Å². The molecule has 0 spiro atoms. The number of nitrogens with zero attached hydrogens (tertiary/aromatic N) is 2. The Morgan fingerprint density at radius 1 is 1.31 bits per heavy atom. The summed E-state index contributed by atoms with van der Waals surface area (Å²) in [4.78, 5) is 13.2. The average Bonchev–Trinajstić information content (AvgIpc) is 3.31. The van der Waals surface area contributed by atoms with Crippen LogP contribution in [0.2, 0.25) is 0 Å². The summed E-state index contributed by atoms with van der Waals surface area (Å²) in [6, 6.07) is 12.0. The number of hydrogen-bond acceptors (Lipinski definition) is 5. The molecule has 0 fully saturated rings. The molecule has 6 nitrogen and oxygen atoms in total. The number of esters is 1. The van der Waals surface area contributed by atoms with E-state index in [1.54, 1.807) is 0 Å². The van der Waals surface area contributed by atoms with Crippen LogP contribution >= 0.6 is 23.6 Å². The number of thiophene rings is 1. The molecule has 1 aromatic carbocycles. The highest BCUT2D eigenvalue weighted by Crippen LogP contribution is 2.30. The molecule has 0 aliphatic carbocycles. The van der Waals surface area contributed by atoms with Gasteiger partial charge in [0, 0.05) is 30.6 Å². The van der Waals surface area contributed by atoms with Gasteiger partial charge in [-0.25, -0.2) is 4.79 Å². The van der Waals surface area contributed by atoms with Gasteiger partial charge in [-0.15, -0.1) is 11.3 Å². The third-order valence-electron chi connectivity index (χ3n) is 4.25. The molecule has 2 N–H and O–H groups in total. The topological polar surface area (TPSA) is 68.2 Å². The Bertz CT molecular complexity index is 966. The van der Waals surface area contributed by atoms with Crippen molar-refractivity contribution in [1.29, 1.82) is 0 Å². The number of aryl methyl sites for hydroxylation is 2. The molecule has 2 aromatic heterocycles. The van der Waals surface area contributed by atoms with Crippen molar-refractivity contribution in [3.63, 3.8) is 0 Å². The van der Waals surface area contributed by atoms with Crippen molar-refractivity contribution >= 4 is 39.6 Å². The van der Waals surface area contributed by atoms with Crippen LogP contribution in [0.5, 0.6) is 0 Å². The zero-order valence-electron chi connectivity index (χ0n) is 16.5. The molecule has 3 rings (SSSR count). The number of rotatable bonds is 8. The molecule has 0 aliphatic rings. The van der Waals surface area contributed by atoms with Gasteiger partial charge >= 0.3 is 5.97 Å². The summed E-state index contributed by atoms with van der Waals surface area (Å²) >= 11 is 6.91. The Hall–Kier alpha value is -2.71. The van der Waals surface area contributed by atoms with E-state index in [2.05, 4.69) is 27.9 Å². The SMILES string of the molecule is COC(=O)c1cc(Cc2ccccc2)sc1NC(=S)NCCCn1cc(C)cn1. The van der Waals surface area contributed by atoms with Gasteiger partial charge < -0.3 is 15.4 Å². The molecule has 0 bridgehead atoms. The second kappa shape index (κ2) is 10.2. The van der Waals surface area contributed by atoms with Gasteiger partial charge in [0.25, 0.3) is 0 Å². The van der Waals surface area contributed by atoms with Gasteiger partial charge in [-0.2, -0.15) is 5.10 Å². The molecular formula is C21H24N4O2S2. The molecule has 0 aliphatic heterocycles. The van der Waals surface area contributed by atoms with Crippen LogP contribution in [0.25, 0.3) is 0 Å². The van der Waals surface area contributed by atoms with E-state index in [1.165, 1.54) is 24.0 Å². The summed E-state index contributed by atoms with van der Waals surface area (Å²) in [6.07, 6.45) is 5.49. The molecule has 3 aromatic rings. The Balaban J connectivity index is 1.57. The highest BCUT2D eigenvalue weighted by molar-refractivity contribution is 7.80. The number of ether oxygens (including phenoxy) is 1. The number of methoxy groups -OCH3 is 1. The van der Waals surface area contributed by atoms with E-state index < -0.39 is 0 Å². The quantitative estimate of drug-likeness (QED) is 0.321. The molecule has 0 saturated heterocycles. The monoisotopic (exact) mass is 428 g/mol. The van der Waals surface area contributed by atoms with Gasteiger partial charge in [0.05, 0.1) is 18.9 Å². The van der Waals surface area contributed by atoms with Crippen molar-refractivity contribution in [3.8, 4) is 0 Å². The van der Waals surface area contributed by atoms with Crippen LogP contribution in [0.1, 0.15) is 32.8 Å². The molecule has 0 unspecified atom stereocenters. The van der Waals surface area contributed by atoms with Crippen LogP contribution in [-0.4, -0.2) is 34.5 Å². The first-order chi connectivity index (χ1) is 14.0. The molecule has 0 atom stereocenters. The molecule has 2 heterocycles. The predicted octanol–water partition coefficient (Wildman–Crippen LogP) is 4.01. The van der Waals surface area contributed by atoms with Crippen molar-refractivity contribution in [1.82, 2.24) is 15.1 Å². The maximum atomic E-state index is 12.2. The predicted molar refractivity (Wildman–Crippen MR) is 121 cm³/mol. The van der Waals surface area contributed by atoms with Crippen LogP contribution in [0, 0.1) is 6.92 Å². The van der Waals surface area contributed by atoms with E-state index in [0.29, 0.717) is 22.2 Å². The number of nitrogens with one attached hydrogen (secondary N) is 2. The number of carbonyl (C=O) groups excluding carboxylic acids is 1. The Labute approximate surface area is 179 Å². The number of benzene rings is 1. The van der Waals surface area contributed by atoms with E-state index in [9.17, 15) is 4.79 Å². The Morgan fingerprint density at radius 2 is 2.10 bits per heavy atom. The fourth-order valence-corrected chi connectivity index (χ4v) is 4.21. The number of carbonyl (C=O) groups is 1. The van der Waals surface area contributed by atoms with E-state index in [1.807, 2.05) is 48.3 Å². The smallest absolute Gasteiger partial charge is 0.340 e. The second-order valence-corrected chi connectivity index (χ2v) is 8.17. The summed E-state index contributed by atoms with van der Waals surface area (Å²) < 4.78 is 6.84. The summed E-state index contributed by atoms with van der Waals surface area (Å²) in [7, 11) is 1.38. The van der Waals surface area contributed by atoms with Gasteiger partial charge in [-0.3, -0.25) is 4.68 Å². The third-order valence-corrected chi connectivity index (χ3v) is 5.55. The Kier molecular flexibility index (Phi) is 7.37. The maximum absolute atomic E-state index is 12.2. The number of anilines is 1. The average molecular weight is 429 g/mol. The first-order valence-corrected chi connectivity index (χ1v) is 10.6. The number of thiocarbonyl (C=S) groups is 1.